The van der Waals surface area contributed by atoms with Gasteiger partial charge in [0.2, 0.25) is 0 Å². The van der Waals surface area contributed by atoms with E-state index in [1.807, 2.05) is 0 Å². The van der Waals surface area contributed by atoms with Gasteiger partial charge in [-0.2, -0.15) is 0 Å². The molecule has 3 nitrogen and oxygen atoms in total. The van der Waals surface area contributed by atoms with Crippen LogP contribution in [0.15, 0.2) is 0 Å². The van der Waals surface area contributed by atoms with Crippen LogP contribution in [0.5, 0.6) is 0 Å². The minimum absolute atomic E-state index is 0.473. The quantitative estimate of drug-likeness (QED) is 0.304. The van der Waals surface area contributed by atoms with Gasteiger partial charge >= 0.3 is 0 Å². The van der Waals surface area contributed by atoms with Gasteiger partial charge < -0.3 is 4.74 Å². The minimum Gasteiger partial charge on any atom is -0.382 e. The monoisotopic (exact) mass is 119 g/mol. The van der Waals surface area contributed by atoms with Crippen molar-refractivity contribution in [3.63, 3.8) is 0 Å². The molecule has 8 heavy (non-hydrogen) atoms. The third-order valence-corrected chi connectivity index (χ3v) is 0.535. The lowest BCUT2D eigenvalue weighted by Gasteiger charge is -1.97. The first kappa shape index (κ1) is 7.88. The van der Waals surface area contributed by atoms with E-state index >= 15 is 0 Å². The molecule has 0 aromatic heterocycles. The zero-order chi connectivity index (χ0) is 6.24. The summed E-state index contributed by atoms with van der Waals surface area (Å²) >= 11 is 0. The van der Waals surface area contributed by atoms with Gasteiger partial charge in [-0.05, 0) is 6.92 Å². The maximum Gasteiger partial charge on any atom is 0.119 e. The van der Waals surface area contributed by atoms with Crippen molar-refractivity contribution in [1.29, 1.82) is 0 Å². The molecule has 0 heterocycles. The number of rotatable bonds is 5. The molecule has 0 aliphatic rings. The van der Waals surface area contributed by atoms with Crippen molar-refractivity contribution in [3.05, 3.63) is 6.61 Å². The second-order valence-electron chi connectivity index (χ2n) is 1.15. The topological polar surface area (TPSA) is 27.7 Å². The van der Waals surface area contributed by atoms with E-state index in [0.29, 0.717) is 13.2 Å². The standard InChI is InChI=1S/C5H11O3/c1-3-7-8-5-4-6-2/h3H,4-5H2,1-2H3. The van der Waals surface area contributed by atoms with E-state index in [-0.39, 0.29) is 0 Å². The summed E-state index contributed by atoms with van der Waals surface area (Å²) in [4.78, 5) is 8.97. The molecule has 0 N–H and O–H groups in total. The SMILES string of the molecule is C[CH]OOCCOC. The fourth-order valence-electron chi connectivity index (χ4n) is 0.234. The molecule has 0 saturated heterocycles. The van der Waals surface area contributed by atoms with E-state index in [2.05, 4.69) is 14.5 Å². The second kappa shape index (κ2) is 6.88. The third-order valence-electron chi connectivity index (χ3n) is 0.535. The van der Waals surface area contributed by atoms with Gasteiger partial charge in [0.25, 0.3) is 0 Å². The Morgan fingerprint density at radius 3 is 2.62 bits per heavy atom. The molecule has 0 atom stereocenters. The highest BCUT2D eigenvalue weighted by Gasteiger charge is 1.82. The summed E-state index contributed by atoms with van der Waals surface area (Å²) in [7, 11) is 1.61. The van der Waals surface area contributed by atoms with Crippen molar-refractivity contribution in [3.8, 4) is 0 Å². The van der Waals surface area contributed by atoms with Gasteiger partial charge in [0, 0.05) is 7.11 Å². The highest BCUT2D eigenvalue weighted by atomic mass is 17.2. The van der Waals surface area contributed by atoms with Gasteiger partial charge in [0.15, 0.2) is 0 Å². The Bertz CT molecular complexity index is 32.7. The molecular formula is C5H11O3. The van der Waals surface area contributed by atoms with Gasteiger partial charge in [0.05, 0.1) is 6.61 Å². The normalized spacial score (nSPS) is 9.75. The highest BCUT2D eigenvalue weighted by Crippen LogP contribution is 1.80. The lowest BCUT2D eigenvalue weighted by molar-refractivity contribution is -0.271. The maximum atomic E-state index is 4.67. The Labute approximate surface area is 49.5 Å². The van der Waals surface area contributed by atoms with Crippen molar-refractivity contribution in [2.24, 2.45) is 0 Å². The van der Waals surface area contributed by atoms with Gasteiger partial charge in [0.1, 0.15) is 13.2 Å². The van der Waals surface area contributed by atoms with Crippen LogP contribution in [0.4, 0.5) is 0 Å². The average Bonchev–Trinajstić information content (AvgIpc) is 1.81. The molecule has 0 aromatic rings. The first-order chi connectivity index (χ1) is 3.91. The predicted octanol–water partition coefficient (Wildman–Crippen LogP) is 0.763. The fourth-order valence-corrected chi connectivity index (χ4v) is 0.234. The zero-order valence-electron chi connectivity index (χ0n) is 5.22. The van der Waals surface area contributed by atoms with E-state index < -0.39 is 0 Å². The van der Waals surface area contributed by atoms with Crippen LogP contribution < -0.4 is 0 Å². The van der Waals surface area contributed by atoms with Gasteiger partial charge in [-0.25, -0.2) is 9.78 Å². The van der Waals surface area contributed by atoms with Crippen LogP contribution in [0.3, 0.4) is 0 Å². The van der Waals surface area contributed by atoms with E-state index in [9.17, 15) is 0 Å². The van der Waals surface area contributed by atoms with Crippen molar-refractivity contribution in [2.75, 3.05) is 20.3 Å². The summed E-state index contributed by atoms with van der Waals surface area (Å²) in [6, 6.07) is 0. The van der Waals surface area contributed by atoms with Crippen LogP contribution in [-0.2, 0) is 14.5 Å². The van der Waals surface area contributed by atoms with Crippen LogP contribution in [0.25, 0.3) is 0 Å². The molecule has 0 spiro atoms. The first-order valence-electron chi connectivity index (χ1n) is 2.47. The molecule has 0 aliphatic heterocycles. The summed E-state index contributed by atoms with van der Waals surface area (Å²) in [5.74, 6) is 0. The third kappa shape index (κ3) is 5.88. The molecule has 0 bridgehead atoms. The molecule has 0 rings (SSSR count). The maximum absolute atomic E-state index is 4.67. The van der Waals surface area contributed by atoms with Crippen LogP contribution in [0.2, 0.25) is 0 Å². The molecule has 0 aromatic carbocycles. The van der Waals surface area contributed by atoms with Gasteiger partial charge in [-0.15, -0.1) is 0 Å². The molecule has 1 radical (unpaired) electrons. The van der Waals surface area contributed by atoms with Crippen molar-refractivity contribution >= 4 is 0 Å². The van der Waals surface area contributed by atoms with Crippen LogP contribution in [0, 0.1) is 6.61 Å². The molecule has 0 amide bonds. The van der Waals surface area contributed by atoms with Crippen molar-refractivity contribution in [2.45, 2.75) is 6.92 Å². The summed E-state index contributed by atoms with van der Waals surface area (Å²) < 4.78 is 4.67. The first-order valence-corrected chi connectivity index (χ1v) is 2.47. The van der Waals surface area contributed by atoms with Crippen molar-refractivity contribution < 1.29 is 14.5 Å². The Balaban J connectivity index is 2.53. The lowest BCUT2D eigenvalue weighted by atomic mass is 10.8. The van der Waals surface area contributed by atoms with E-state index in [1.54, 1.807) is 14.0 Å². The fraction of sp³-hybridized carbons (Fsp3) is 0.800. The Kier molecular flexibility index (Phi) is 6.78. The van der Waals surface area contributed by atoms with Crippen LogP contribution >= 0.6 is 0 Å². The second-order valence-corrected chi connectivity index (χ2v) is 1.15. The zero-order valence-corrected chi connectivity index (χ0v) is 5.22. The molecule has 0 unspecified atom stereocenters. The smallest absolute Gasteiger partial charge is 0.119 e. The number of ether oxygens (including phenoxy) is 1. The summed E-state index contributed by atoms with van der Waals surface area (Å²) in [5.41, 5.74) is 0. The lowest BCUT2D eigenvalue weighted by Crippen LogP contribution is -2.00. The number of hydrogen-bond acceptors (Lipinski definition) is 3. The largest absolute Gasteiger partial charge is 0.382 e. The summed E-state index contributed by atoms with van der Waals surface area (Å²) in [6.45, 7) is 4.25. The molecule has 0 fully saturated rings. The summed E-state index contributed by atoms with van der Waals surface area (Å²) in [6.07, 6.45) is 0. The summed E-state index contributed by atoms with van der Waals surface area (Å²) in [5, 5.41) is 0. The molecule has 49 valence electrons. The van der Waals surface area contributed by atoms with Gasteiger partial charge in [-0.1, -0.05) is 0 Å². The van der Waals surface area contributed by atoms with E-state index in [0.717, 1.165) is 0 Å². The average molecular weight is 119 g/mol. The van der Waals surface area contributed by atoms with E-state index in [1.165, 1.54) is 6.61 Å². The Morgan fingerprint density at radius 1 is 1.38 bits per heavy atom. The molecule has 0 saturated carbocycles. The highest BCUT2D eigenvalue weighted by molar-refractivity contribution is 4.24. The minimum atomic E-state index is 0.473. The molecule has 3 heteroatoms. The van der Waals surface area contributed by atoms with Crippen LogP contribution in [-0.4, -0.2) is 20.3 Å². The molecular weight excluding hydrogens is 108 g/mol. The van der Waals surface area contributed by atoms with Gasteiger partial charge in [-0.3, -0.25) is 0 Å². The number of hydrogen-bond donors (Lipinski definition) is 0. The Morgan fingerprint density at radius 2 is 2.12 bits per heavy atom. The number of methoxy groups -OCH3 is 1. The predicted molar refractivity (Wildman–Crippen MR) is 28.9 cm³/mol. The van der Waals surface area contributed by atoms with Crippen molar-refractivity contribution in [1.82, 2.24) is 0 Å². The van der Waals surface area contributed by atoms with E-state index in [4.69, 9.17) is 0 Å². The Hall–Kier alpha value is -0.120. The molecule has 0 aliphatic carbocycles. The van der Waals surface area contributed by atoms with Crippen LogP contribution in [0.1, 0.15) is 6.92 Å².